The number of nitrogens with zero attached hydrogens (tertiary/aromatic N) is 1. The van der Waals surface area contributed by atoms with E-state index in [9.17, 15) is 9.18 Å². The highest BCUT2D eigenvalue weighted by molar-refractivity contribution is 7.99. The molecule has 1 saturated carbocycles. The normalized spacial score (nSPS) is 24.7. The average molecular weight is 367 g/mol. The number of aromatic nitrogens is 1. The smallest absolute Gasteiger partial charge is 0.257 e. The summed E-state index contributed by atoms with van der Waals surface area (Å²) in [5.74, 6) is 1.53. The number of ether oxygens (including phenoxy) is 1. The topological polar surface area (TPSA) is 63.2 Å². The molecule has 2 N–H and O–H groups in total. The minimum Gasteiger partial charge on any atom is -0.474 e. The van der Waals surface area contributed by atoms with Crippen LogP contribution in [-0.2, 0) is 0 Å². The summed E-state index contributed by atoms with van der Waals surface area (Å²) in [6.45, 7) is 0. The summed E-state index contributed by atoms with van der Waals surface area (Å²) in [6.07, 6.45) is 6.94. The summed E-state index contributed by atoms with van der Waals surface area (Å²) in [7, 11) is 1.97. The molecule has 0 unspecified atom stereocenters. The minimum absolute atomic E-state index is 0.0526. The fourth-order valence-corrected chi connectivity index (χ4v) is 4.49. The van der Waals surface area contributed by atoms with E-state index in [1.165, 1.54) is 6.07 Å². The van der Waals surface area contributed by atoms with Gasteiger partial charge in [-0.2, -0.15) is 11.8 Å². The Balaban J connectivity index is 1.65. The van der Waals surface area contributed by atoms with Crippen molar-refractivity contribution in [2.75, 3.05) is 18.6 Å². The highest BCUT2D eigenvalue weighted by Gasteiger charge is 2.25. The fraction of sp³-hybridized carbons (Fsp3) is 0.667. The van der Waals surface area contributed by atoms with Crippen LogP contribution in [0.3, 0.4) is 0 Å². The Bertz CT molecular complexity index is 588. The van der Waals surface area contributed by atoms with Crippen LogP contribution in [-0.4, -0.2) is 47.6 Å². The van der Waals surface area contributed by atoms with Crippen LogP contribution < -0.4 is 15.4 Å². The SMILES string of the molecule is CNC1CCC(NC(=O)c2cc(F)cnc2OC2CCSCC2)CC1. The molecule has 0 radical (unpaired) electrons. The van der Waals surface area contributed by atoms with E-state index in [-0.39, 0.29) is 29.5 Å². The third kappa shape index (κ3) is 5.07. The summed E-state index contributed by atoms with van der Waals surface area (Å²) in [5.41, 5.74) is 0.203. The molecular weight excluding hydrogens is 341 g/mol. The van der Waals surface area contributed by atoms with Crippen LogP contribution in [0.4, 0.5) is 4.39 Å². The zero-order valence-electron chi connectivity index (χ0n) is 14.6. The first-order chi connectivity index (χ1) is 12.2. The van der Waals surface area contributed by atoms with Crippen molar-refractivity contribution in [3.63, 3.8) is 0 Å². The summed E-state index contributed by atoms with van der Waals surface area (Å²) < 4.78 is 19.6. The highest BCUT2D eigenvalue weighted by Crippen LogP contribution is 2.25. The van der Waals surface area contributed by atoms with Crippen molar-refractivity contribution in [3.05, 3.63) is 23.6 Å². The second-order valence-electron chi connectivity index (χ2n) is 6.75. The lowest BCUT2D eigenvalue weighted by Crippen LogP contribution is -2.41. The van der Waals surface area contributed by atoms with Crippen LogP contribution >= 0.6 is 11.8 Å². The lowest BCUT2D eigenvalue weighted by molar-refractivity contribution is 0.0914. The third-order valence-electron chi connectivity index (χ3n) is 4.98. The van der Waals surface area contributed by atoms with E-state index in [1.54, 1.807) is 0 Å². The van der Waals surface area contributed by atoms with Gasteiger partial charge in [0.1, 0.15) is 17.5 Å². The molecule has 0 bridgehead atoms. The van der Waals surface area contributed by atoms with Gasteiger partial charge in [0.2, 0.25) is 5.88 Å². The monoisotopic (exact) mass is 367 g/mol. The van der Waals surface area contributed by atoms with Crippen LogP contribution in [0.2, 0.25) is 0 Å². The predicted octanol–water partition coefficient (Wildman–Crippen LogP) is 2.76. The quantitative estimate of drug-likeness (QED) is 0.838. The molecule has 7 heteroatoms. The lowest BCUT2D eigenvalue weighted by Gasteiger charge is -2.29. The van der Waals surface area contributed by atoms with Crippen LogP contribution in [0.15, 0.2) is 12.3 Å². The number of halogens is 1. The molecule has 138 valence electrons. The van der Waals surface area contributed by atoms with Gasteiger partial charge in [-0.3, -0.25) is 4.79 Å². The van der Waals surface area contributed by atoms with E-state index in [4.69, 9.17) is 4.74 Å². The summed E-state index contributed by atoms with van der Waals surface area (Å²) in [6, 6.07) is 1.88. The number of rotatable bonds is 5. The van der Waals surface area contributed by atoms with Gasteiger partial charge in [0.25, 0.3) is 5.91 Å². The van der Waals surface area contributed by atoms with Gasteiger partial charge in [-0.1, -0.05) is 0 Å². The number of amides is 1. The molecule has 5 nitrogen and oxygen atoms in total. The second-order valence-corrected chi connectivity index (χ2v) is 7.97. The summed E-state index contributed by atoms with van der Waals surface area (Å²) in [5, 5.41) is 6.30. The lowest BCUT2D eigenvalue weighted by atomic mass is 9.91. The molecule has 0 atom stereocenters. The van der Waals surface area contributed by atoms with Crippen LogP contribution in [0.5, 0.6) is 5.88 Å². The Kier molecular flexibility index (Phi) is 6.53. The molecule has 1 aliphatic carbocycles. The average Bonchev–Trinajstić information content (AvgIpc) is 2.64. The van der Waals surface area contributed by atoms with E-state index in [1.807, 2.05) is 18.8 Å². The summed E-state index contributed by atoms with van der Waals surface area (Å²) in [4.78, 5) is 16.7. The van der Waals surface area contributed by atoms with Crippen molar-refractivity contribution in [2.45, 2.75) is 56.7 Å². The van der Waals surface area contributed by atoms with E-state index >= 15 is 0 Å². The van der Waals surface area contributed by atoms with Crippen molar-refractivity contribution in [3.8, 4) is 5.88 Å². The van der Waals surface area contributed by atoms with E-state index < -0.39 is 5.82 Å². The largest absolute Gasteiger partial charge is 0.474 e. The van der Waals surface area contributed by atoms with Gasteiger partial charge in [-0.15, -0.1) is 0 Å². The predicted molar refractivity (Wildman–Crippen MR) is 97.7 cm³/mol. The van der Waals surface area contributed by atoms with Gasteiger partial charge in [-0.05, 0) is 63.1 Å². The molecular formula is C18H26FN3O2S. The van der Waals surface area contributed by atoms with Crippen molar-refractivity contribution in [2.24, 2.45) is 0 Å². The van der Waals surface area contributed by atoms with E-state index in [0.29, 0.717) is 6.04 Å². The Morgan fingerprint density at radius 1 is 1.20 bits per heavy atom. The Morgan fingerprint density at radius 2 is 1.88 bits per heavy atom. The van der Waals surface area contributed by atoms with Crippen LogP contribution in [0, 0.1) is 5.82 Å². The zero-order valence-corrected chi connectivity index (χ0v) is 15.4. The van der Waals surface area contributed by atoms with Gasteiger partial charge in [0, 0.05) is 12.1 Å². The number of nitrogens with one attached hydrogen (secondary N) is 2. The van der Waals surface area contributed by atoms with Crippen molar-refractivity contribution >= 4 is 17.7 Å². The van der Waals surface area contributed by atoms with E-state index in [2.05, 4.69) is 15.6 Å². The van der Waals surface area contributed by atoms with Gasteiger partial charge in [-0.25, -0.2) is 9.37 Å². The number of thioether (sulfide) groups is 1. The van der Waals surface area contributed by atoms with Crippen molar-refractivity contribution in [1.82, 2.24) is 15.6 Å². The number of hydrogen-bond acceptors (Lipinski definition) is 5. The molecule has 1 aromatic rings. The van der Waals surface area contributed by atoms with Gasteiger partial charge in [0.05, 0.1) is 6.20 Å². The summed E-state index contributed by atoms with van der Waals surface area (Å²) >= 11 is 1.90. The first kappa shape index (κ1) is 18.5. The zero-order chi connectivity index (χ0) is 17.6. The Morgan fingerprint density at radius 3 is 2.56 bits per heavy atom. The molecule has 2 fully saturated rings. The van der Waals surface area contributed by atoms with Gasteiger partial charge >= 0.3 is 0 Å². The molecule has 1 saturated heterocycles. The maximum absolute atomic E-state index is 13.7. The first-order valence-corrected chi connectivity index (χ1v) is 10.2. The molecule has 2 heterocycles. The number of carbonyl (C=O) groups excluding carboxylic acids is 1. The maximum Gasteiger partial charge on any atom is 0.257 e. The maximum atomic E-state index is 13.7. The molecule has 2 aliphatic rings. The van der Waals surface area contributed by atoms with Gasteiger partial charge in [0.15, 0.2) is 0 Å². The molecule has 25 heavy (non-hydrogen) atoms. The number of carbonyl (C=O) groups is 1. The molecule has 1 aromatic heterocycles. The van der Waals surface area contributed by atoms with Crippen LogP contribution in [0.25, 0.3) is 0 Å². The standard InChI is InChI=1S/C18H26FN3O2S/c1-20-13-2-4-14(5-3-13)22-17(23)16-10-12(19)11-21-18(16)24-15-6-8-25-9-7-15/h10-11,13-15,20H,2-9H2,1H3,(H,22,23). The van der Waals surface area contributed by atoms with E-state index in [0.717, 1.165) is 56.2 Å². The molecule has 1 aliphatic heterocycles. The Labute approximate surface area is 152 Å². The minimum atomic E-state index is -0.518. The third-order valence-corrected chi connectivity index (χ3v) is 6.03. The second kappa shape index (κ2) is 8.85. The van der Waals surface area contributed by atoms with Crippen molar-refractivity contribution < 1.29 is 13.9 Å². The molecule has 3 rings (SSSR count). The first-order valence-electron chi connectivity index (χ1n) is 9.03. The molecule has 0 spiro atoms. The number of pyridine rings is 1. The van der Waals surface area contributed by atoms with Crippen molar-refractivity contribution in [1.29, 1.82) is 0 Å². The molecule has 0 aromatic carbocycles. The fourth-order valence-electron chi connectivity index (χ4n) is 3.42. The highest BCUT2D eigenvalue weighted by atomic mass is 32.2. The number of hydrogen-bond donors (Lipinski definition) is 2. The Hall–Kier alpha value is -1.34. The van der Waals surface area contributed by atoms with Crippen LogP contribution in [0.1, 0.15) is 48.9 Å². The molecule has 1 amide bonds. The van der Waals surface area contributed by atoms with Gasteiger partial charge < -0.3 is 15.4 Å².